The van der Waals surface area contributed by atoms with Crippen molar-refractivity contribution < 1.29 is 29.6 Å². The normalized spacial score (nSPS) is 21.4. The Labute approximate surface area is 223 Å². The maximum atomic E-state index is 13.8. The van der Waals surface area contributed by atoms with Gasteiger partial charge in [0.05, 0.1) is 18.3 Å². The van der Waals surface area contributed by atoms with Crippen LogP contribution in [0.2, 0.25) is 0 Å². The van der Waals surface area contributed by atoms with Crippen molar-refractivity contribution in [2.45, 2.75) is 51.2 Å². The number of rotatable bonds is 12. The number of aliphatic hydroxyl groups excluding tert-OH is 2. The van der Waals surface area contributed by atoms with Crippen LogP contribution in [0.1, 0.15) is 44.2 Å². The molecule has 0 saturated heterocycles. The number of fused-ring (bicyclic) bond motifs is 2. The quantitative estimate of drug-likeness (QED) is 0.214. The number of benzene rings is 2. The fraction of sp³-hybridized carbons (Fsp3) is 0.448. The molecule has 2 amide bonds. The summed E-state index contributed by atoms with van der Waals surface area (Å²) in [6.45, 7) is 4.86. The molecule has 9 nitrogen and oxygen atoms in total. The first kappa shape index (κ1) is 27.8. The third-order valence-corrected chi connectivity index (χ3v) is 7.17. The SMILES string of the molecule is CCOc1ccc2c(c1)CC(NCCCCO)C(=O)N2c1ccc2c(c1)[C@](O)([C@@H](C)/C=C/CCO)C(=O)N2. The Balaban J connectivity index is 1.73. The summed E-state index contributed by atoms with van der Waals surface area (Å²) in [5.74, 6) is -0.506. The number of carbonyl (C=O) groups excluding carboxylic acids is 2. The Kier molecular flexibility index (Phi) is 8.83. The van der Waals surface area contributed by atoms with Gasteiger partial charge in [-0.25, -0.2) is 0 Å². The Morgan fingerprint density at radius 1 is 1.18 bits per heavy atom. The molecule has 0 radical (unpaired) electrons. The van der Waals surface area contributed by atoms with E-state index in [0.29, 0.717) is 49.4 Å². The van der Waals surface area contributed by atoms with Crippen LogP contribution in [0.5, 0.6) is 5.75 Å². The lowest BCUT2D eigenvalue weighted by atomic mass is 9.82. The number of hydrogen-bond acceptors (Lipinski definition) is 7. The van der Waals surface area contributed by atoms with Gasteiger partial charge in [0.25, 0.3) is 5.91 Å². The van der Waals surface area contributed by atoms with Gasteiger partial charge in [-0.1, -0.05) is 19.1 Å². The van der Waals surface area contributed by atoms with E-state index in [1.807, 2.05) is 25.1 Å². The van der Waals surface area contributed by atoms with Crippen molar-refractivity contribution in [3.63, 3.8) is 0 Å². The number of anilines is 3. The van der Waals surface area contributed by atoms with Gasteiger partial charge in [0.15, 0.2) is 5.60 Å². The minimum absolute atomic E-state index is 0.0225. The summed E-state index contributed by atoms with van der Waals surface area (Å²) in [6, 6.07) is 10.3. The van der Waals surface area contributed by atoms with Crippen molar-refractivity contribution in [1.29, 1.82) is 0 Å². The highest BCUT2D eigenvalue weighted by molar-refractivity contribution is 6.09. The van der Waals surface area contributed by atoms with E-state index in [9.17, 15) is 14.7 Å². The lowest BCUT2D eigenvalue weighted by Crippen LogP contribution is -2.49. The van der Waals surface area contributed by atoms with Crippen LogP contribution in [-0.2, 0) is 21.6 Å². The molecule has 38 heavy (non-hydrogen) atoms. The van der Waals surface area contributed by atoms with Gasteiger partial charge < -0.3 is 30.7 Å². The number of amides is 2. The molecule has 0 fully saturated rings. The van der Waals surface area contributed by atoms with Crippen LogP contribution in [0.3, 0.4) is 0 Å². The predicted octanol–water partition coefficient (Wildman–Crippen LogP) is 2.75. The zero-order chi connectivity index (χ0) is 27.3. The number of carbonyl (C=O) groups is 2. The van der Waals surface area contributed by atoms with Crippen molar-refractivity contribution in [2.75, 3.05) is 36.6 Å². The highest BCUT2D eigenvalue weighted by Crippen LogP contribution is 2.45. The second-order valence-corrected chi connectivity index (χ2v) is 9.72. The fourth-order valence-corrected chi connectivity index (χ4v) is 5.12. The van der Waals surface area contributed by atoms with E-state index in [-0.39, 0.29) is 19.1 Å². The number of nitrogens with zero attached hydrogens (tertiary/aromatic N) is 1. The maximum Gasteiger partial charge on any atom is 0.261 e. The van der Waals surface area contributed by atoms with Gasteiger partial charge in [-0.2, -0.15) is 0 Å². The van der Waals surface area contributed by atoms with E-state index in [0.717, 1.165) is 23.4 Å². The molecule has 0 aliphatic carbocycles. The van der Waals surface area contributed by atoms with Crippen molar-refractivity contribution in [3.8, 4) is 5.75 Å². The summed E-state index contributed by atoms with van der Waals surface area (Å²) >= 11 is 0. The van der Waals surface area contributed by atoms with Crippen molar-refractivity contribution in [3.05, 3.63) is 59.7 Å². The van der Waals surface area contributed by atoms with Gasteiger partial charge in [0, 0.05) is 36.1 Å². The molecular formula is C29H37N3O6. The standard InChI is InChI=1S/C29H37N3O6/c1-3-38-22-10-12-26-20(16-22)17-25(30-13-5-7-15-34)27(35)32(26)21-9-11-24-23(18-21)29(37,28(36)31-24)19(2)8-4-6-14-33/h4,8-12,16,18-19,25,30,33-34,37H,3,5-7,13-15,17H2,1-2H3,(H,31,36)/b8-4+/t19-,25?,29+/m0/s1. The van der Waals surface area contributed by atoms with Gasteiger partial charge in [0.2, 0.25) is 5.91 Å². The van der Waals surface area contributed by atoms with Crippen LogP contribution in [0.15, 0.2) is 48.6 Å². The fourth-order valence-electron chi connectivity index (χ4n) is 5.12. The average molecular weight is 524 g/mol. The van der Waals surface area contributed by atoms with Crippen LogP contribution < -0.4 is 20.3 Å². The van der Waals surface area contributed by atoms with Gasteiger partial charge >= 0.3 is 0 Å². The molecule has 3 atom stereocenters. The molecule has 0 saturated carbocycles. The third-order valence-electron chi connectivity index (χ3n) is 7.17. The summed E-state index contributed by atoms with van der Waals surface area (Å²) in [4.78, 5) is 28.4. The molecule has 0 bridgehead atoms. The summed E-state index contributed by atoms with van der Waals surface area (Å²) in [5.41, 5.74) is 1.30. The van der Waals surface area contributed by atoms with Gasteiger partial charge in [-0.3, -0.25) is 14.5 Å². The lowest BCUT2D eigenvalue weighted by molar-refractivity contribution is -0.137. The lowest BCUT2D eigenvalue weighted by Gasteiger charge is -2.35. The summed E-state index contributed by atoms with van der Waals surface area (Å²) in [7, 11) is 0. The van der Waals surface area contributed by atoms with E-state index >= 15 is 0 Å². The monoisotopic (exact) mass is 523 g/mol. The molecule has 2 aromatic rings. The minimum Gasteiger partial charge on any atom is -0.494 e. The van der Waals surface area contributed by atoms with Crippen molar-refractivity contribution in [1.82, 2.24) is 5.32 Å². The van der Waals surface area contributed by atoms with Crippen molar-refractivity contribution in [2.24, 2.45) is 5.92 Å². The topological polar surface area (TPSA) is 131 Å². The Morgan fingerprint density at radius 2 is 2.00 bits per heavy atom. The van der Waals surface area contributed by atoms with E-state index in [1.54, 1.807) is 42.2 Å². The molecule has 2 aliphatic heterocycles. The van der Waals surface area contributed by atoms with Crippen LogP contribution >= 0.6 is 0 Å². The largest absolute Gasteiger partial charge is 0.494 e. The molecule has 204 valence electrons. The average Bonchev–Trinajstić information content (AvgIpc) is 3.17. The molecule has 2 heterocycles. The predicted molar refractivity (Wildman–Crippen MR) is 146 cm³/mol. The molecule has 0 aromatic heterocycles. The zero-order valence-corrected chi connectivity index (χ0v) is 21.9. The molecule has 2 aliphatic rings. The van der Waals surface area contributed by atoms with E-state index in [1.165, 1.54) is 0 Å². The molecule has 0 spiro atoms. The second-order valence-electron chi connectivity index (χ2n) is 9.72. The van der Waals surface area contributed by atoms with Crippen LogP contribution in [0.4, 0.5) is 17.1 Å². The van der Waals surface area contributed by atoms with Gasteiger partial charge in [-0.15, -0.1) is 0 Å². The number of nitrogens with one attached hydrogen (secondary N) is 2. The zero-order valence-electron chi connectivity index (χ0n) is 21.9. The molecule has 2 aromatic carbocycles. The molecule has 9 heteroatoms. The Hall–Kier alpha value is -3.24. The molecule has 4 rings (SSSR count). The van der Waals surface area contributed by atoms with E-state index < -0.39 is 23.5 Å². The maximum absolute atomic E-state index is 13.8. The van der Waals surface area contributed by atoms with Crippen LogP contribution in [-0.4, -0.2) is 59.5 Å². The summed E-state index contributed by atoms with van der Waals surface area (Å²) < 4.78 is 5.70. The van der Waals surface area contributed by atoms with Gasteiger partial charge in [-0.05, 0) is 81.1 Å². The molecule has 5 N–H and O–H groups in total. The smallest absolute Gasteiger partial charge is 0.261 e. The number of unbranched alkanes of at least 4 members (excludes halogenated alkanes) is 1. The third kappa shape index (κ3) is 5.33. The van der Waals surface area contributed by atoms with E-state index in [2.05, 4.69) is 10.6 Å². The number of ether oxygens (including phenoxy) is 1. The minimum atomic E-state index is -1.82. The first-order chi connectivity index (χ1) is 18.3. The van der Waals surface area contributed by atoms with Crippen molar-refractivity contribution >= 4 is 28.9 Å². The first-order valence-corrected chi connectivity index (χ1v) is 13.2. The summed E-state index contributed by atoms with van der Waals surface area (Å²) in [5, 5.41) is 35.9. The number of hydrogen-bond donors (Lipinski definition) is 5. The second kappa shape index (κ2) is 12.1. The first-order valence-electron chi connectivity index (χ1n) is 13.2. The van der Waals surface area contributed by atoms with Crippen LogP contribution in [0, 0.1) is 5.92 Å². The van der Waals surface area contributed by atoms with E-state index in [4.69, 9.17) is 14.9 Å². The van der Waals surface area contributed by atoms with Crippen LogP contribution in [0.25, 0.3) is 0 Å². The Morgan fingerprint density at radius 3 is 2.74 bits per heavy atom. The van der Waals surface area contributed by atoms with Gasteiger partial charge in [0.1, 0.15) is 5.75 Å². The number of aliphatic hydroxyl groups is 3. The highest BCUT2D eigenvalue weighted by atomic mass is 16.5. The Bertz CT molecular complexity index is 1200. The molecular weight excluding hydrogens is 486 g/mol. The molecule has 1 unspecified atom stereocenters. The summed E-state index contributed by atoms with van der Waals surface area (Å²) in [6.07, 6.45) is 5.77. The highest BCUT2D eigenvalue weighted by Gasteiger charge is 2.49.